The average Bonchev–Trinajstić information content (AvgIpc) is 2.27. The van der Waals surface area contributed by atoms with Crippen LogP contribution in [0.2, 0.25) is 0 Å². The van der Waals surface area contributed by atoms with E-state index in [0.717, 1.165) is 0 Å². The molecule has 0 saturated heterocycles. The van der Waals surface area contributed by atoms with Crippen LogP contribution in [0.3, 0.4) is 0 Å². The summed E-state index contributed by atoms with van der Waals surface area (Å²) in [7, 11) is -2.03. The molecule has 3 N–H and O–H groups in total. The molecule has 0 aromatic heterocycles. The van der Waals surface area contributed by atoms with Crippen molar-refractivity contribution in [1.29, 1.82) is 0 Å². The maximum Gasteiger partial charge on any atom is 0.241 e. The van der Waals surface area contributed by atoms with Gasteiger partial charge in [0.25, 0.3) is 0 Å². The van der Waals surface area contributed by atoms with Crippen molar-refractivity contribution < 1.29 is 13.2 Å². The molecule has 1 aromatic rings. The van der Waals surface area contributed by atoms with Gasteiger partial charge in [0.1, 0.15) is 5.75 Å². The van der Waals surface area contributed by atoms with Gasteiger partial charge in [-0.3, -0.25) is 0 Å². The van der Waals surface area contributed by atoms with E-state index in [1.165, 1.54) is 6.07 Å². The summed E-state index contributed by atoms with van der Waals surface area (Å²) in [5, 5.41) is 0. The molecule has 0 heterocycles. The van der Waals surface area contributed by atoms with E-state index in [-0.39, 0.29) is 11.4 Å². The average molecular weight is 272 g/mol. The van der Waals surface area contributed by atoms with Gasteiger partial charge in [0.2, 0.25) is 10.0 Å². The highest BCUT2D eigenvalue weighted by atomic mass is 32.2. The molecule has 0 spiro atoms. The lowest BCUT2D eigenvalue weighted by Crippen LogP contribution is -2.48. The van der Waals surface area contributed by atoms with Gasteiger partial charge < -0.3 is 10.5 Å². The number of nitrogens with two attached hydrogens (primary N) is 1. The van der Waals surface area contributed by atoms with Crippen LogP contribution in [-0.2, 0) is 10.0 Å². The SMILES string of the molecule is COc1ccc(S(=O)(=O)NC(C)(C)CN)c(C)c1. The van der Waals surface area contributed by atoms with Gasteiger partial charge in [0.15, 0.2) is 0 Å². The Morgan fingerprint density at radius 1 is 1.39 bits per heavy atom. The Labute approximate surface area is 108 Å². The first kappa shape index (κ1) is 14.9. The second-order valence-electron chi connectivity index (χ2n) is 4.82. The maximum atomic E-state index is 12.2. The number of rotatable bonds is 5. The van der Waals surface area contributed by atoms with Crippen LogP contribution in [-0.4, -0.2) is 27.6 Å². The van der Waals surface area contributed by atoms with E-state index >= 15 is 0 Å². The van der Waals surface area contributed by atoms with E-state index in [9.17, 15) is 8.42 Å². The Morgan fingerprint density at radius 2 is 2.00 bits per heavy atom. The van der Waals surface area contributed by atoms with Crippen LogP contribution in [0.4, 0.5) is 0 Å². The largest absolute Gasteiger partial charge is 0.497 e. The standard InChI is InChI=1S/C12H20N2O3S/c1-9-7-10(17-4)5-6-11(9)18(15,16)14-12(2,3)8-13/h5-7,14H,8,13H2,1-4H3. The molecule has 0 unspecified atom stereocenters. The number of methoxy groups -OCH3 is 1. The van der Waals surface area contributed by atoms with Crippen molar-refractivity contribution in [3.63, 3.8) is 0 Å². The Hall–Kier alpha value is -1.11. The van der Waals surface area contributed by atoms with E-state index in [1.807, 2.05) is 0 Å². The number of ether oxygens (including phenoxy) is 1. The molecule has 0 aliphatic heterocycles. The highest BCUT2D eigenvalue weighted by Crippen LogP contribution is 2.21. The minimum absolute atomic E-state index is 0.224. The van der Waals surface area contributed by atoms with Crippen LogP contribution in [0, 0.1) is 6.92 Å². The van der Waals surface area contributed by atoms with Crippen molar-refractivity contribution in [2.24, 2.45) is 5.73 Å². The number of nitrogens with one attached hydrogen (secondary N) is 1. The zero-order valence-corrected chi connectivity index (χ0v) is 12.0. The summed E-state index contributed by atoms with van der Waals surface area (Å²) < 4.78 is 32.1. The fourth-order valence-electron chi connectivity index (χ4n) is 1.51. The van der Waals surface area contributed by atoms with Crippen molar-refractivity contribution in [1.82, 2.24) is 4.72 Å². The van der Waals surface area contributed by atoms with Gasteiger partial charge in [0, 0.05) is 12.1 Å². The van der Waals surface area contributed by atoms with Crippen LogP contribution in [0.25, 0.3) is 0 Å². The molecule has 0 atom stereocenters. The van der Waals surface area contributed by atoms with Crippen molar-refractivity contribution in [3.8, 4) is 5.75 Å². The molecule has 1 aromatic carbocycles. The van der Waals surface area contributed by atoms with Crippen LogP contribution < -0.4 is 15.2 Å². The second kappa shape index (κ2) is 5.26. The van der Waals surface area contributed by atoms with E-state index in [1.54, 1.807) is 40.0 Å². The smallest absolute Gasteiger partial charge is 0.241 e. The molecule has 0 aliphatic carbocycles. The van der Waals surface area contributed by atoms with Gasteiger partial charge in [-0.1, -0.05) is 0 Å². The van der Waals surface area contributed by atoms with E-state index in [4.69, 9.17) is 10.5 Å². The van der Waals surface area contributed by atoms with E-state index in [0.29, 0.717) is 11.3 Å². The van der Waals surface area contributed by atoms with Crippen LogP contribution in [0.5, 0.6) is 5.75 Å². The molecular weight excluding hydrogens is 252 g/mol. The van der Waals surface area contributed by atoms with Crippen molar-refractivity contribution in [2.45, 2.75) is 31.2 Å². The predicted octanol–water partition coefficient (Wildman–Crippen LogP) is 1.02. The highest BCUT2D eigenvalue weighted by Gasteiger charge is 2.26. The number of benzene rings is 1. The Kier molecular flexibility index (Phi) is 4.37. The number of sulfonamides is 1. The molecule has 0 aliphatic rings. The topological polar surface area (TPSA) is 81.4 Å². The Morgan fingerprint density at radius 3 is 2.44 bits per heavy atom. The zero-order valence-electron chi connectivity index (χ0n) is 11.1. The van der Waals surface area contributed by atoms with Crippen molar-refractivity contribution in [2.75, 3.05) is 13.7 Å². The second-order valence-corrected chi connectivity index (χ2v) is 6.48. The summed E-state index contributed by atoms with van der Waals surface area (Å²) in [4.78, 5) is 0.241. The molecule has 0 amide bonds. The molecule has 0 fully saturated rings. The monoisotopic (exact) mass is 272 g/mol. The summed E-state index contributed by atoms with van der Waals surface area (Å²) in [5.74, 6) is 0.629. The normalized spacial score (nSPS) is 12.5. The molecule has 102 valence electrons. The van der Waals surface area contributed by atoms with Gasteiger partial charge in [-0.15, -0.1) is 0 Å². The summed E-state index contributed by atoms with van der Waals surface area (Å²) in [6.45, 7) is 5.43. The molecule has 6 heteroatoms. The quantitative estimate of drug-likeness (QED) is 0.838. The first-order valence-electron chi connectivity index (χ1n) is 5.60. The predicted molar refractivity (Wildman–Crippen MR) is 71.2 cm³/mol. The third-order valence-electron chi connectivity index (χ3n) is 2.59. The first-order chi connectivity index (χ1) is 8.22. The molecular formula is C12H20N2O3S. The lowest BCUT2D eigenvalue weighted by atomic mass is 10.1. The minimum Gasteiger partial charge on any atom is -0.497 e. The fourth-order valence-corrected chi connectivity index (χ4v) is 3.16. The molecule has 0 radical (unpaired) electrons. The van der Waals surface area contributed by atoms with Crippen LogP contribution >= 0.6 is 0 Å². The van der Waals surface area contributed by atoms with Gasteiger partial charge in [-0.25, -0.2) is 13.1 Å². The summed E-state index contributed by atoms with van der Waals surface area (Å²) in [6.07, 6.45) is 0. The molecule has 0 bridgehead atoms. The number of hydrogen-bond donors (Lipinski definition) is 2. The van der Waals surface area contributed by atoms with Crippen molar-refractivity contribution in [3.05, 3.63) is 23.8 Å². The maximum absolute atomic E-state index is 12.2. The van der Waals surface area contributed by atoms with E-state index in [2.05, 4.69) is 4.72 Å². The number of aryl methyl sites for hydroxylation is 1. The third kappa shape index (κ3) is 3.44. The highest BCUT2D eigenvalue weighted by molar-refractivity contribution is 7.89. The van der Waals surface area contributed by atoms with Gasteiger partial charge in [0.05, 0.1) is 12.0 Å². The molecule has 18 heavy (non-hydrogen) atoms. The fraction of sp³-hybridized carbons (Fsp3) is 0.500. The minimum atomic E-state index is -3.57. The van der Waals surface area contributed by atoms with Crippen molar-refractivity contribution >= 4 is 10.0 Å². The Balaban J connectivity index is 3.14. The molecule has 5 nitrogen and oxygen atoms in total. The summed E-state index contributed by atoms with van der Waals surface area (Å²) in [5.41, 5.74) is 5.49. The summed E-state index contributed by atoms with van der Waals surface area (Å²) in [6, 6.07) is 4.84. The molecule has 1 rings (SSSR count). The Bertz CT molecular complexity index is 524. The zero-order chi connectivity index (χ0) is 14.0. The lowest BCUT2D eigenvalue weighted by molar-refractivity contribution is 0.414. The first-order valence-corrected chi connectivity index (χ1v) is 7.09. The number of hydrogen-bond acceptors (Lipinski definition) is 4. The lowest BCUT2D eigenvalue weighted by Gasteiger charge is -2.24. The molecule has 0 saturated carbocycles. The third-order valence-corrected chi connectivity index (χ3v) is 4.45. The summed E-state index contributed by atoms with van der Waals surface area (Å²) >= 11 is 0. The van der Waals surface area contributed by atoms with Gasteiger partial charge >= 0.3 is 0 Å². The van der Waals surface area contributed by atoms with Gasteiger partial charge in [-0.2, -0.15) is 0 Å². The van der Waals surface area contributed by atoms with E-state index < -0.39 is 15.6 Å². The van der Waals surface area contributed by atoms with Crippen LogP contribution in [0.15, 0.2) is 23.1 Å². The van der Waals surface area contributed by atoms with Crippen LogP contribution in [0.1, 0.15) is 19.4 Å². The van der Waals surface area contributed by atoms with Gasteiger partial charge in [-0.05, 0) is 44.5 Å².